The molecule has 1 saturated heterocycles. The van der Waals surface area contributed by atoms with Gasteiger partial charge in [0.2, 0.25) is 5.91 Å². The molecule has 0 radical (unpaired) electrons. The first-order chi connectivity index (χ1) is 10.1. The van der Waals surface area contributed by atoms with Gasteiger partial charge in [-0.3, -0.25) is 9.59 Å². The fourth-order valence-corrected chi connectivity index (χ4v) is 3.89. The Kier molecular flexibility index (Phi) is 4.54. The number of halogens is 1. The highest BCUT2D eigenvalue weighted by Gasteiger charge is 2.35. The number of nitrogens with zero attached hydrogens (tertiary/aromatic N) is 1. The van der Waals surface area contributed by atoms with Crippen LogP contribution >= 0.6 is 27.7 Å². The van der Waals surface area contributed by atoms with Gasteiger partial charge in [-0.15, -0.1) is 11.8 Å². The maximum Gasteiger partial charge on any atom is 0.255 e. The topological polar surface area (TPSA) is 49.4 Å². The van der Waals surface area contributed by atoms with Gasteiger partial charge in [-0.05, 0) is 37.0 Å². The summed E-state index contributed by atoms with van der Waals surface area (Å²) >= 11 is 5.00. The van der Waals surface area contributed by atoms with Crippen LogP contribution in [0.4, 0.5) is 0 Å². The van der Waals surface area contributed by atoms with Gasteiger partial charge in [-0.2, -0.15) is 0 Å². The summed E-state index contributed by atoms with van der Waals surface area (Å²) in [6, 6.07) is 6.96. The van der Waals surface area contributed by atoms with Crippen molar-refractivity contribution in [1.29, 1.82) is 0 Å². The van der Waals surface area contributed by atoms with Crippen LogP contribution in [0.25, 0.3) is 0 Å². The molecule has 1 aliphatic heterocycles. The van der Waals surface area contributed by atoms with Crippen molar-refractivity contribution in [2.75, 3.05) is 18.2 Å². The van der Waals surface area contributed by atoms with E-state index in [9.17, 15) is 9.59 Å². The molecule has 1 saturated carbocycles. The fourth-order valence-electron chi connectivity index (χ4n) is 2.33. The third kappa shape index (κ3) is 3.61. The lowest BCUT2D eigenvalue weighted by Crippen LogP contribution is -2.47. The quantitative estimate of drug-likeness (QED) is 0.887. The van der Waals surface area contributed by atoms with Crippen molar-refractivity contribution in [3.63, 3.8) is 0 Å². The highest BCUT2D eigenvalue weighted by atomic mass is 79.9. The summed E-state index contributed by atoms with van der Waals surface area (Å²) in [5.41, 5.74) is 0.617. The number of thioether (sulfide) groups is 1. The van der Waals surface area contributed by atoms with E-state index < -0.39 is 0 Å². The first-order valence-corrected chi connectivity index (χ1v) is 9.02. The maximum absolute atomic E-state index is 12.6. The van der Waals surface area contributed by atoms with Crippen LogP contribution in [0.3, 0.4) is 0 Å². The van der Waals surface area contributed by atoms with E-state index in [4.69, 9.17) is 0 Å². The van der Waals surface area contributed by atoms with Gasteiger partial charge in [-0.1, -0.05) is 22.0 Å². The zero-order valence-corrected chi connectivity index (χ0v) is 14.0. The van der Waals surface area contributed by atoms with Crippen LogP contribution in [0.2, 0.25) is 0 Å². The van der Waals surface area contributed by atoms with Crippen molar-refractivity contribution in [3.05, 3.63) is 34.3 Å². The molecule has 112 valence electrons. The largest absolute Gasteiger partial charge is 0.354 e. The Morgan fingerprint density at radius 2 is 2.19 bits per heavy atom. The van der Waals surface area contributed by atoms with Crippen LogP contribution in [0.15, 0.2) is 28.7 Å². The molecule has 3 rings (SSSR count). The molecular weight excluding hydrogens is 352 g/mol. The van der Waals surface area contributed by atoms with Gasteiger partial charge in [-0.25, -0.2) is 0 Å². The molecule has 1 aromatic rings. The maximum atomic E-state index is 12.6. The van der Waals surface area contributed by atoms with E-state index in [1.54, 1.807) is 28.8 Å². The van der Waals surface area contributed by atoms with E-state index in [-0.39, 0.29) is 17.9 Å². The van der Waals surface area contributed by atoms with Gasteiger partial charge in [0.05, 0.1) is 5.88 Å². The van der Waals surface area contributed by atoms with Crippen LogP contribution in [0.1, 0.15) is 23.2 Å². The van der Waals surface area contributed by atoms with Crippen molar-refractivity contribution < 1.29 is 9.59 Å². The number of amides is 2. The Morgan fingerprint density at radius 1 is 1.38 bits per heavy atom. The molecule has 1 heterocycles. The van der Waals surface area contributed by atoms with E-state index >= 15 is 0 Å². The standard InChI is InChI=1S/C15H17BrN2O2S/c16-12-3-1-2-11(6-12)15(20)18-9-21-8-13(18)14(19)17-7-10-4-5-10/h1-3,6,10,13H,4-5,7-9H2,(H,17,19)/t13-/m1/s1. The summed E-state index contributed by atoms with van der Waals surface area (Å²) in [7, 11) is 0. The van der Waals surface area contributed by atoms with Gasteiger partial charge < -0.3 is 10.2 Å². The van der Waals surface area contributed by atoms with Crippen LogP contribution in [-0.4, -0.2) is 40.9 Å². The second-order valence-corrected chi connectivity index (χ2v) is 7.40. The molecular formula is C15H17BrN2O2S. The molecule has 2 amide bonds. The zero-order valence-electron chi connectivity index (χ0n) is 11.5. The van der Waals surface area contributed by atoms with Crippen LogP contribution in [0.5, 0.6) is 0 Å². The lowest BCUT2D eigenvalue weighted by molar-refractivity contribution is -0.124. The molecule has 2 fully saturated rings. The number of nitrogens with one attached hydrogen (secondary N) is 1. The number of rotatable bonds is 4. The number of hydrogen-bond acceptors (Lipinski definition) is 3. The summed E-state index contributed by atoms with van der Waals surface area (Å²) < 4.78 is 0.870. The molecule has 0 bridgehead atoms. The van der Waals surface area contributed by atoms with Crippen LogP contribution < -0.4 is 5.32 Å². The summed E-state index contributed by atoms with van der Waals surface area (Å²) in [5, 5.41) is 2.98. The normalized spacial score (nSPS) is 21.4. The molecule has 6 heteroatoms. The van der Waals surface area contributed by atoms with E-state index in [2.05, 4.69) is 21.2 Å². The lowest BCUT2D eigenvalue weighted by Gasteiger charge is -2.23. The highest BCUT2D eigenvalue weighted by Crippen LogP contribution is 2.28. The number of hydrogen-bond donors (Lipinski definition) is 1. The summed E-state index contributed by atoms with van der Waals surface area (Å²) in [6.07, 6.45) is 2.42. The molecule has 0 unspecified atom stereocenters. The van der Waals surface area contributed by atoms with Crippen molar-refractivity contribution in [2.45, 2.75) is 18.9 Å². The third-order valence-electron chi connectivity index (χ3n) is 3.78. The molecule has 0 aromatic heterocycles. The van der Waals surface area contributed by atoms with Crippen molar-refractivity contribution >= 4 is 39.5 Å². The Bertz CT molecular complexity index is 562. The van der Waals surface area contributed by atoms with Gasteiger partial charge in [0.25, 0.3) is 5.91 Å². The van der Waals surface area contributed by atoms with E-state index in [0.29, 0.717) is 23.1 Å². The number of carbonyl (C=O) groups excluding carboxylic acids is 2. The Balaban J connectivity index is 1.67. The molecule has 0 spiro atoms. The average Bonchev–Trinajstić information content (AvgIpc) is 3.18. The number of carbonyl (C=O) groups is 2. The summed E-state index contributed by atoms with van der Waals surface area (Å²) in [6.45, 7) is 0.749. The Hall–Kier alpha value is -1.01. The van der Waals surface area contributed by atoms with Crippen molar-refractivity contribution in [3.8, 4) is 0 Å². The Labute approximate surface area is 136 Å². The first-order valence-electron chi connectivity index (χ1n) is 7.07. The third-order valence-corrected chi connectivity index (χ3v) is 5.28. The molecule has 2 aliphatic rings. The minimum atomic E-state index is -0.347. The molecule has 1 N–H and O–H groups in total. The molecule has 21 heavy (non-hydrogen) atoms. The van der Waals surface area contributed by atoms with Crippen LogP contribution in [-0.2, 0) is 4.79 Å². The van der Waals surface area contributed by atoms with Gasteiger partial charge >= 0.3 is 0 Å². The zero-order chi connectivity index (χ0) is 14.8. The Morgan fingerprint density at radius 3 is 2.90 bits per heavy atom. The van der Waals surface area contributed by atoms with Crippen LogP contribution in [0, 0.1) is 5.92 Å². The molecule has 1 atom stereocenters. The average molecular weight is 369 g/mol. The van der Waals surface area contributed by atoms with Gasteiger partial charge in [0.1, 0.15) is 6.04 Å². The minimum Gasteiger partial charge on any atom is -0.354 e. The minimum absolute atomic E-state index is 0.0183. The highest BCUT2D eigenvalue weighted by molar-refractivity contribution is 9.10. The lowest BCUT2D eigenvalue weighted by atomic mass is 10.1. The smallest absolute Gasteiger partial charge is 0.255 e. The van der Waals surface area contributed by atoms with E-state index in [0.717, 1.165) is 11.0 Å². The number of benzene rings is 1. The summed E-state index contributed by atoms with van der Waals surface area (Å²) in [5.74, 6) is 1.81. The van der Waals surface area contributed by atoms with E-state index in [1.807, 2.05) is 12.1 Å². The molecule has 1 aromatic carbocycles. The van der Waals surface area contributed by atoms with Crippen molar-refractivity contribution in [1.82, 2.24) is 10.2 Å². The fraction of sp³-hybridized carbons (Fsp3) is 0.467. The second kappa shape index (κ2) is 6.40. The monoisotopic (exact) mass is 368 g/mol. The molecule has 1 aliphatic carbocycles. The van der Waals surface area contributed by atoms with Gasteiger partial charge in [0.15, 0.2) is 0 Å². The van der Waals surface area contributed by atoms with E-state index in [1.165, 1.54) is 12.8 Å². The predicted octanol–water partition coefficient (Wildman–Crippen LogP) is 2.49. The SMILES string of the molecule is O=C(NCC1CC1)[C@H]1CSCN1C(=O)c1cccc(Br)c1. The second-order valence-electron chi connectivity index (χ2n) is 5.49. The van der Waals surface area contributed by atoms with Gasteiger partial charge in [0, 0.05) is 22.3 Å². The summed E-state index contributed by atoms with van der Waals surface area (Å²) in [4.78, 5) is 26.5. The first kappa shape index (κ1) is 14.9. The predicted molar refractivity (Wildman–Crippen MR) is 87.2 cm³/mol. The van der Waals surface area contributed by atoms with Crippen molar-refractivity contribution in [2.24, 2.45) is 5.92 Å². The molecule has 4 nitrogen and oxygen atoms in total.